The van der Waals surface area contributed by atoms with E-state index in [4.69, 9.17) is 26.3 Å². The van der Waals surface area contributed by atoms with Crippen molar-refractivity contribution in [2.24, 2.45) is 0 Å². The number of anilines is 1. The molecule has 3 saturated heterocycles. The molecule has 7 heteroatoms. The quantitative estimate of drug-likeness (QED) is 0.494. The van der Waals surface area contributed by atoms with Gasteiger partial charge in [-0.3, -0.25) is 0 Å². The highest BCUT2D eigenvalue weighted by molar-refractivity contribution is 6.36. The molecule has 7 rings (SSSR count). The van der Waals surface area contributed by atoms with Crippen molar-refractivity contribution in [2.45, 2.75) is 75.5 Å². The van der Waals surface area contributed by atoms with E-state index in [9.17, 15) is 0 Å². The van der Waals surface area contributed by atoms with Gasteiger partial charge in [0.1, 0.15) is 6.61 Å². The molecule has 37 heavy (non-hydrogen) atoms. The Bertz CT molecular complexity index is 1300. The molecule has 3 fully saturated rings. The van der Waals surface area contributed by atoms with Crippen LogP contribution in [0.3, 0.4) is 0 Å². The highest BCUT2D eigenvalue weighted by Gasteiger charge is 2.37. The van der Waals surface area contributed by atoms with Crippen LogP contribution in [0.5, 0.6) is 6.01 Å². The van der Waals surface area contributed by atoms with E-state index in [1.807, 2.05) is 12.1 Å². The normalized spacial score (nSPS) is 27.6. The first-order chi connectivity index (χ1) is 18.1. The van der Waals surface area contributed by atoms with Gasteiger partial charge >= 0.3 is 6.01 Å². The molecule has 194 valence electrons. The second kappa shape index (κ2) is 9.72. The van der Waals surface area contributed by atoms with Crippen molar-refractivity contribution in [2.75, 3.05) is 31.6 Å². The Morgan fingerprint density at radius 3 is 2.62 bits per heavy atom. The average Bonchev–Trinajstić information content (AvgIpc) is 3.49. The number of fused-ring (bicyclic) bond motifs is 4. The maximum atomic E-state index is 6.70. The number of piperidine rings is 1. The third-order valence-electron chi connectivity index (χ3n) is 9.19. The summed E-state index contributed by atoms with van der Waals surface area (Å²) in [6, 6.07) is 14.9. The number of benzene rings is 2. The Balaban J connectivity index is 1.23. The smallest absolute Gasteiger partial charge is 0.316 e. The lowest BCUT2D eigenvalue weighted by Crippen LogP contribution is -2.39. The van der Waals surface area contributed by atoms with Gasteiger partial charge in [-0.15, -0.1) is 0 Å². The molecule has 1 unspecified atom stereocenters. The summed E-state index contributed by atoms with van der Waals surface area (Å²) >= 11 is 6.70. The van der Waals surface area contributed by atoms with Gasteiger partial charge in [0.15, 0.2) is 0 Å². The van der Waals surface area contributed by atoms with Crippen molar-refractivity contribution in [3.05, 3.63) is 58.4 Å². The lowest BCUT2D eigenvalue weighted by molar-refractivity contribution is 0.186. The van der Waals surface area contributed by atoms with Crippen LogP contribution in [0.4, 0.5) is 5.69 Å². The topological polar surface area (TPSA) is 53.5 Å². The molecule has 6 nitrogen and oxygen atoms in total. The monoisotopic (exact) mass is 517 g/mol. The zero-order valence-electron chi connectivity index (χ0n) is 21.6. The minimum atomic E-state index is 0.451. The molecule has 1 aromatic heterocycles. The third-order valence-corrected chi connectivity index (χ3v) is 9.50. The Labute approximate surface area is 224 Å². The van der Waals surface area contributed by atoms with Gasteiger partial charge in [-0.2, -0.15) is 9.97 Å². The zero-order valence-corrected chi connectivity index (χ0v) is 22.4. The maximum absolute atomic E-state index is 6.70. The Morgan fingerprint density at radius 1 is 1.03 bits per heavy atom. The van der Waals surface area contributed by atoms with Crippen LogP contribution in [-0.2, 0) is 13.0 Å². The van der Waals surface area contributed by atoms with Gasteiger partial charge < -0.3 is 19.9 Å². The zero-order chi connectivity index (χ0) is 24.9. The maximum Gasteiger partial charge on any atom is 0.316 e. The van der Waals surface area contributed by atoms with Gasteiger partial charge in [-0.05, 0) is 81.6 Å². The molecule has 1 N–H and O–H groups in total. The first-order valence-electron chi connectivity index (χ1n) is 14.0. The van der Waals surface area contributed by atoms with E-state index in [0.717, 1.165) is 42.2 Å². The number of halogens is 1. The predicted octanol–water partition coefficient (Wildman–Crippen LogP) is 5.32. The third kappa shape index (κ3) is 4.47. The lowest BCUT2D eigenvalue weighted by Gasteiger charge is -2.35. The van der Waals surface area contributed by atoms with Crippen LogP contribution in [0, 0.1) is 0 Å². The fourth-order valence-corrected chi connectivity index (χ4v) is 7.50. The molecule has 0 radical (unpaired) electrons. The number of likely N-dealkylation sites (N-methyl/N-ethyl adjacent to an activating group) is 1. The van der Waals surface area contributed by atoms with E-state index < -0.39 is 0 Å². The van der Waals surface area contributed by atoms with Gasteiger partial charge in [0.05, 0.1) is 23.0 Å². The summed E-state index contributed by atoms with van der Waals surface area (Å²) in [6.45, 7) is 3.50. The fraction of sp³-hybridized carbons (Fsp3) is 0.533. The summed E-state index contributed by atoms with van der Waals surface area (Å²) in [4.78, 5) is 15.0. The highest BCUT2D eigenvalue weighted by Crippen LogP contribution is 2.41. The van der Waals surface area contributed by atoms with E-state index in [2.05, 4.69) is 46.4 Å². The summed E-state index contributed by atoms with van der Waals surface area (Å²) < 4.78 is 6.34. The number of hydrogen-bond acceptors (Lipinski definition) is 6. The van der Waals surface area contributed by atoms with Crippen molar-refractivity contribution in [1.29, 1.82) is 0 Å². The van der Waals surface area contributed by atoms with Crippen LogP contribution in [-0.4, -0.2) is 59.7 Å². The van der Waals surface area contributed by atoms with Gasteiger partial charge in [0.25, 0.3) is 0 Å². The number of rotatable bonds is 5. The summed E-state index contributed by atoms with van der Waals surface area (Å²) in [5.41, 5.74) is 4.93. The van der Waals surface area contributed by atoms with Gasteiger partial charge in [-0.25, -0.2) is 0 Å². The number of hydrogen-bond donors (Lipinski definition) is 1. The predicted molar refractivity (Wildman–Crippen MR) is 149 cm³/mol. The standard InChI is InChI=1S/C30H36ClN5O/c1-35-13-4-7-23(35)18-37-30-33-26-17-36(27-9-3-6-19-5-2-8-25(31)28(19)27)14-12-24(26)29(34-30)20-15-21-10-11-22(16-20)32-21/h2-3,5-6,8-9,20-23,32H,4,7,10-18H2,1H3/t20?,21-,22+,23-/m0/s1. The number of nitrogens with one attached hydrogen (secondary N) is 1. The first kappa shape index (κ1) is 23.7. The molecule has 0 saturated carbocycles. The molecular weight excluding hydrogens is 482 g/mol. The Hall–Kier alpha value is -2.41. The van der Waals surface area contributed by atoms with E-state index in [0.29, 0.717) is 36.7 Å². The van der Waals surface area contributed by atoms with E-state index in [-0.39, 0.29) is 0 Å². The van der Waals surface area contributed by atoms with Gasteiger partial charge in [-0.1, -0.05) is 35.9 Å². The highest BCUT2D eigenvalue weighted by atomic mass is 35.5. The first-order valence-corrected chi connectivity index (χ1v) is 14.4. The Kier molecular flexibility index (Phi) is 6.22. The van der Waals surface area contributed by atoms with Crippen LogP contribution in [0.1, 0.15) is 61.4 Å². The molecule has 4 aliphatic heterocycles. The molecule has 3 aromatic rings. The molecule has 5 heterocycles. The van der Waals surface area contributed by atoms with E-state index >= 15 is 0 Å². The van der Waals surface area contributed by atoms with Crippen LogP contribution in [0.2, 0.25) is 5.02 Å². The van der Waals surface area contributed by atoms with Gasteiger partial charge in [0, 0.05) is 41.7 Å². The SMILES string of the molecule is CN1CCC[C@H]1COc1nc2c(c(C3C[C@H]4CC[C@@H](C3)N4)n1)CCN(c1cccc3cccc(Cl)c13)C2. The van der Waals surface area contributed by atoms with Crippen molar-refractivity contribution >= 4 is 28.1 Å². The van der Waals surface area contributed by atoms with Crippen LogP contribution < -0.4 is 15.0 Å². The Morgan fingerprint density at radius 2 is 1.84 bits per heavy atom. The molecule has 4 atom stereocenters. The number of ether oxygens (including phenoxy) is 1. The molecule has 0 amide bonds. The van der Waals surface area contributed by atoms with Gasteiger partial charge in [0.2, 0.25) is 0 Å². The minimum absolute atomic E-state index is 0.451. The summed E-state index contributed by atoms with van der Waals surface area (Å²) in [5, 5.41) is 6.90. The van der Waals surface area contributed by atoms with Crippen LogP contribution in [0.25, 0.3) is 10.8 Å². The summed E-state index contributed by atoms with van der Waals surface area (Å²) in [7, 11) is 2.19. The van der Waals surface area contributed by atoms with Crippen molar-refractivity contribution in [1.82, 2.24) is 20.2 Å². The molecular formula is C30H36ClN5O. The van der Waals surface area contributed by atoms with E-state index in [1.165, 1.54) is 60.9 Å². The van der Waals surface area contributed by atoms with Crippen molar-refractivity contribution in [3.8, 4) is 6.01 Å². The van der Waals surface area contributed by atoms with Crippen LogP contribution in [0.15, 0.2) is 36.4 Å². The molecule has 4 aliphatic rings. The lowest BCUT2D eigenvalue weighted by atomic mass is 9.85. The number of likely N-dealkylation sites (tertiary alicyclic amines) is 1. The average molecular weight is 518 g/mol. The molecule has 2 bridgehead atoms. The van der Waals surface area contributed by atoms with Crippen molar-refractivity contribution < 1.29 is 4.74 Å². The van der Waals surface area contributed by atoms with E-state index in [1.54, 1.807) is 0 Å². The largest absolute Gasteiger partial charge is 0.462 e. The second-order valence-corrected chi connectivity index (χ2v) is 11.9. The molecule has 0 spiro atoms. The summed E-state index contributed by atoms with van der Waals surface area (Å²) in [5.74, 6) is 0.491. The number of nitrogens with zero attached hydrogens (tertiary/aromatic N) is 4. The summed E-state index contributed by atoms with van der Waals surface area (Å²) in [6.07, 6.45) is 8.31. The molecule has 2 aromatic carbocycles. The second-order valence-electron chi connectivity index (χ2n) is 11.5. The minimum Gasteiger partial charge on any atom is -0.462 e. The number of aromatic nitrogens is 2. The molecule has 0 aliphatic carbocycles. The van der Waals surface area contributed by atoms with Crippen LogP contribution >= 0.6 is 11.6 Å². The van der Waals surface area contributed by atoms with Crippen molar-refractivity contribution in [3.63, 3.8) is 0 Å². The fourth-order valence-electron chi connectivity index (χ4n) is 7.22.